The molecule has 1 aromatic heterocycles. The number of aryl methyl sites for hydroxylation is 1. The molecule has 0 saturated heterocycles. The number of amides is 3. The van der Waals surface area contributed by atoms with Crippen molar-refractivity contribution in [3.8, 4) is 0 Å². The lowest BCUT2D eigenvalue weighted by Crippen LogP contribution is -2.42. The van der Waals surface area contributed by atoms with Gasteiger partial charge < -0.3 is 14.5 Å². The van der Waals surface area contributed by atoms with Crippen molar-refractivity contribution in [3.63, 3.8) is 0 Å². The minimum atomic E-state index is -3.76. The van der Waals surface area contributed by atoms with Gasteiger partial charge in [0.15, 0.2) is 6.61 Å². The highest BCUT2D eigenvalue weighted by atomic mass is 32.2. The van der Waals surface area contributed by atoms with Crippen molar-refractivity contribution in [2.45, 2.75) is 13.5 Å². The molecule has 2 N–H and O–H groups in total. The average Bonchev–Trinajstić information content (AvgIpc) is 3.16. The number of furan rings is 1. The summed E-state index contributed by atoms with van der Waals surface area (Å²) in [6, 6.07) is 9.13. The molecule has 0 fully saturated rings. The van der Waals surface area contributed by atoms with E-state index < -0.39 is 41.1 Å². The topological polar surface area (TPSA) is 135 Å². The number of para-hydroxylation sites is 1. The van der Waals surface area contributed by atoms with Crippen molar-refractivity contribution in [1.82, 2.24) is 10.6 Å². The van der Waals surface area contributed by atoms with E-state index in [-0.39, 0.29) is 6.54 Å². The number of hydrogen-bond donors (Lipinski definition) is 2. The van der Waals surface area contributed by atoms with E-state index >= 15 is 0 Å². The minimum Gasteiger partial charge on any atom is -0.467 e. The number of hydrogen-bond acceptors (Lipinski definition) is 7. The van der Waals surface area contributed by atoms with Crippen LogP contribution in [0.2, 0.25) is 0 Å². The number of urea groups is 1. The number of imide groups is 1. The maximum Gasteiger partial charge on any atom is 0.327 e. The molecule has 0 spiro atoms. The molecule has 0 aliphatic carbocycles. The number of nitrogens with zero attached hydrogens (tertiary/aromatic N) is 1. The van der Waals surface area contributed by atoms with Crippen molar-refractivity contribution in [2.24, 2.45) is 0 Å². The van der Waals surface area contributed by atoms with E-state index in [4.69, 9.17) is 9.15 Å². The predicted molar refractivity (Wildman–Crippen MR) is 103 cm³/mol. The molecule has 0 bridgehead atoms. The molecule has 10 nitrogen and oxygen atoms in total. The Hall–Kier alpha value is -3.34. The fourth-order valence-electron chi connectivity index (χ4n) is 2.32. The molecule has 156 valence electrons. The van der Waals surface area contributed by atoms with Crippen LogP contribution < -0.4 is 14.9 Å². The number of nitrogens with one attached hydrogen (secondary N) is 2. The zero-order chi connectivity index (χ0) is 21.4. The zero-order valence-electron chi connectivity index (χ0n) is 15.9. The number of carbonyl (C=O) groups is 3. The van der Waals surface area contributed by atoms with Gasteiger partial charge >= 0.3 is 12.0 Å². The molecule has 3 amide bonds. The Labute approximate surface area is 167 Å². The number of carbonyl (C=O) groups excluding carboxylic acids is 3. The lowest BCUT2D eigenvalue weighted by Gasteiger charge is -2.23. The Morgan fingerprint density at radius 2 is 1.86 bits per heavy atom. The van der Waals surface area contributed by atoms with E-state index in [1.54, 1.807) is 43.3 Å². The maximum absolute atomic E-state index is 12.1. The molecule has 2 aromatic rings. The van der Waals surface area contributed by atoms with Gasteiger partial charge in [-0.2, -0.15) is 0 Å². The molecule has 0 aliphatic rings. The molecule has 0 unspecified atom stereocenters. The smallest absolute Gasteiger partial charge is 0.327 e. The normalized spacial score (nSPS) is 10.8. The van der Waals surface area contributed by atoms with E-state index in [0.717, 1.165) is 10.6 Å². The summed E-state index contributed by atoms with van der Waals surface area (Å²) in [5.74, 6) is -1.31. The second-order valence-electron chi connectivity index (χ2n) is 6.03. The monoisotopic (exact) mass is 423 g/mol. The fourth-order valence-corrected chi connectivity index (χ4v) is 3.22. The fraction of sp³-hybridized carbons (Fsp3) is 0.278. The third kappa shape index (κ3) is 6.96. The molecule has 1 aromatic carbocycles. The van der Waals surface area contributed by atoms with E-state index in [1.807, 2.05) is 5.32 Å². The van der Waals surface area contributed by atoms with Gasteiger partial charge in [-0.25, -0.2) is 13.2 Å². The molecule has 2 rings (SSSR count). The predicted octanol–water partition coefficient (Wildman–Crippen LogP) is 0.923. The summed E-state index contributed by atoms with van der Waals surface area (Å²) >= 11 is 0. The van der Waals surface area contributed by atoms with Gasteiger partial charge in [0, 0.05) is 0 Å². The average molecular weight is 423 g/mol. The number of ether oxygens (including phenoxy) is 1. The Kier molecular flexibility index (Phi) is 7.37. The molecule has 0 aliphatic heterocycles. The summed E-state index contributed by atoms with van der Waals surface area (Å²) in [7, 11) is -3.76. The van der Waals surface area contributed by atoms with Gasteiger partial charge in [-0.05, 0) is 30.7 Å². The second-order valence-corrected chi connectivity index (χ2v) is 7.93. The highest BCUT2D eigenvalue weighted by molar-refractivity contribution is 7.92. The van der Waals surface area contributed by atoms with Crippen molar-refractivity contribution >= 4 is 33.6 Å². The van der Waals surface area contributed by atoms with Crippen LogP contribution in [-0.2, 0) is 30.9 Å². The van der Waals surface area contributed by atoms with Crippen LogP contribution in [0.25, 0.3) is 0 Å². The first-order valence-electron chi connectivity index (χ1n) is 8.46. The highest BCUT2D eigenvalue weighted by Gasteiger charge is 2.23. The molecule has 0 saturated carbocycles. The van der Waals surface area contributed by atoms with Gasteiger partial charge in [-0.1, -0.05) is 18.2 Å². The first-order chi connectivity index (χ1) is 13.7. The number of anilines is 1. The summed E-state index contributed by atoms with van der Waals surface area (Å²) in [6.45, 7) is 0.430. The summed E-state index contributed by atoms with van der Waals surface area (Å²) in [5.41, 5.74) is 0.977. The number of esters is 1. The molecule has 0 atom stereocenters. The van der Waals surface area contributed by atoms with Gasteiger partial charge in [0.25, 0.3) is 5.91 Å². The van der Waals surface area contributed by atoms with Crippen LogP contribution in [-0.4, -0.2) is 45.7 Å². The molecular weight excluding hydrogens is 402 g/mol. The van der Waals surface area contributed by atoms with Crippen molar-refractivity contribution in [2.75, 3.05) is 23.7 Å². The summed E-state index contributed by atoms with van der Waals surface area (Å²) in [4.78, 5) is 35.4. The first kappa shape index (κ1) is 22.0. The van der Waals surface area contributed by atoms with Crippen LogP contribution in [0.15, 0.2) is 47.1 Å². The quantitative estimate of drug-likeness (QED) is 0.603. The van der Waals surface area contributed by atoms with E-state index in [2.05, 4.69) is 5.32 Å². The van der Waals surface area contributed by atoms with Crippen LogP contribution in [0.5, 0.6) is 0 Å². The van der Waals surface area contributed by atoms with Crippen LogP contribution >= 0.6 is 0 Å². The molecular formula is C18H21N3O7S. The van der Waals surface area contributed by atoms with Gasteiger partial charge in [0.05, 0.1) is 24.8 Å². The maximum atomic E-state index is 12.1. The van der Waals surface area contributed by atoms with Crippen LogP contribution in [0, 0.1) is 6.92 Å². The zero-order valence-corrected chi connectivity index (χ0v) is 16.7. The van der Waals surface area contributed by atoms with Crippen molar-refractivity contribution in [3.05, 3.63) is 54.0 Å². The number of sulfonamides is 1. The van der Waals surface area contributed by atoms with Gasteiger partial charge in [0.2, 0.25) is 10.0 Å². The standard InChI is InChI=1S/C18H21N3O7S/c1-13-6-3-4-8-15(13)21(29(2,25)26)11-17(23)28-12-16(22)20-18(24)19-10-14-7-5-9-27-14/h3-9H,10-12H2,1-2H3,(H2,19,20,22,24). The van der Waals surface area contributed by atoms with E-state index in [9.17, 15) is 22.8 Å². The van der Waals surface area contributed by atoms with Crippen LogP contribution in [0.3, 0.4) is 0 Å². The molecule has 1 heterocycles. The van der Waals surface area contributed by atoms with Gasteiger partial charge in [-0.3, -0.25) is 19.2 Å². The third-order valence-electron chi connectivity index (χ3n) is 3.68. The SMILES string of the molecule is Cc1ccccc1N(CC(=O)OCC(=O)NC(=O)NCc1ccco1)S(C)(=O)=O. The molecule has 0 radical (unpaired) electrons. The van der Waals surface area contributed by atoms with Crippen molar-refractivity contribution < 1.29 is 32.0 Å². The third-order valence-corrected chi connectivity index (χ3v) is 4.80. The van der Waals surface area contributed by atoms with Gasteiger partial charge in [-0.15, -0.1) is 0 Å². The van der Waals surface area contributed by atoms with Gasteiger partial charge in [0.1, 0.15) is 12.3 Å². The Bertz CT molecular complexity index is 971. The van der Waals surface area contributed by atoms with Crippen LogP contribution in [0.4, 0.5) is 10.5 Å². The lowest BCUT2D eigenvalue weighted by molar-refractivity contribution is -0.146. The summed E-state index contributed by atoms with van der Waals surface area (Å²) in [5, 5.41) is 4.37. The van der Waals surface area contributed by atoms with Crippen LogP contribution in [0.1, 0.15) is 11.3 Å². The minimum absolute atomic E-state index is 0.0750. The first-order valence-corrected chi connectivity index (χ1v) is 10.3. The molecule has 29 heavy (non-hydrogen) atoms. The summed E-state index contributed by atoms with van der Waals surface area (Å²) < 4.78 is 34.8. The lowest BCUT2D eigenvalue weighted by atomic mass is 10.2. The Morgan fingerprint density at radius 1 is 1.14 bits per heavy atom. The Balaban J connectivity index is 1.84. The Morgan fingerprint density at radius 3 is 2.48 bits per heavy atom. The largest absolute Gasteiger partial charge is 0.467 e. The highest BCUT2D eigenvalue weighted by Crippen LogP contribution is 2.21. The number of benzene rings is 1. The molecule has 11 heteroatoms. The summed E-state index contributed by atoms with van der Waals surface area (Å²) in [6.07, 6.45) is 2.40. The second kappa shape index (κ2) is 9.73. The van der Waals surface area contributed by atoms with E-state index in [1.165, 1.54) is 6.26 Å². The van der Waals surface area contributed by atoms with E-state index in [0.29, 0.717) is 17.0 Å². The van der Waals surface area contributed by atoms with Crippen molar-refractivity contribution in [1.29, 1.82) is 0 Å². The number of rotatable bonds is 8.